The summed E-state index contributed by atoms with van der Waals surface area (Å²) in [7, 11) is 0. The molecule has 0 spiro atoms. The van der Waals surface area contributed by atoms with Crippen LogP contribution in [0.3, 0.4) is 0 Å². The van der Waals surface area contributed by atoms with E-state index in [1.54, 1.807) is 49.6 Å². The molecule has 1 amide bonds. The molecule has 1 atom stereocenters. The Morgan fingerprint density at radius 1 is 1.20 bits per heavy atom. The average molecular weight is 481 g/mol. The molecule has 0 aliphatic heterocycles. The van der Waals surface area contributed by atoms with Crippen molar-refractivity contribution in [1.82, 2.24) is 30.1 Å². The van der Waals surface area contributed by atoms with E-state index in [1.165, 1.54) is 22.7 Å². The van der Waals surface area contributed by atoms with E-state index in [2.05, 4.69) is 30.3 Å². The van der Waals surface area contributed by atoms with Gasteiger partial charge in [-0.25, -0.2) is 4.52 Å². The first-order valence-corrected chi connectivity index (χ1v) is 10.4. The second-order valence-electron chi connectivity index (χ2n) is 7.82. The number of nitrogens with zero attached hydrogens (tertiary/aromatic N) is 4. The van der Waals surface area contributed by atoms with Crippen LogP contribution in [0.15, 0.2) is 60.9 Å². The third-order valence-corrected chi connectivity index (χ3v) is 5.44. The van der Waals surface area contributed by atoms with E-state index in [-0.39, 0.29) is 17.3 Å². The number of ether oxygens (including phenoxy) is 1. The van der Waals surface area contributed by atoms with E-state index in [9.17, 15) is 18.0 Å². The van der Waals surface area contributed by atoms with Gasteiger partial charge in [-0.2, -0.15) is 10.1 Å². The van der Waals surface area contributed by atoms with Crippen LogP contribution < -0.4 is 15.8 Å². The Morgan fingerprint density at radius 2 is 2.00 bits per heavy atom. The van der Waals surface area contributed by atoms with Crippen molar-refractivity contribution >= 4 is 28.4 Å². The quantitative estimate of drug-likeness (QED) is 0.345. The van der Waals surface area contributed by atoms with Gasteiger partial charge in [0, 0.05) is 22.7 Å². The van der Waals surface area contributed by atoms with Crippen LogP contribution >= 0.6 is 0 Å². The normalized spacial score (nSPS) is 12.7. The second kappa shape index (κ2) is 8.31. The number of H-pyrrole nitrogens is 1. The highest BCUT2D eigenvalue weighted by Crippen LogP contribution is 2.32. The Balaban J connectivity index is 1.48. The summed E-state index contributed by atoms with van der Waals surface area (Å²) in [5, 5.41) is 14.5. The van der Waals surface area contributed by atoms with Gasteiger partial charge in [0.2, 0.25) is 5.95 Å². The van der Waals surface area contributed by atoms with Crippen LogP contribution in [0.25, 0.3) is 27.7 Å². The highest BCUT2D eigenvalue weighted by atomic mass is 19.4. The number of alkyl halides is 3. The molecule has 1 unspecified atom stereocenters. The Hall–Kier alpha value is -4.61. The second-order valence-corrected chi connectivity index (χ2v) is 7.82. The number of nitrogens with two attached hydrogens (primary N) is 1. The number of carbonyl (C=O) groups excluding carboxylic acids is 1. The van der Waals surface area contributed by atoms with Crippen molar-refractivity contribution in [3.05, 3.63) is 72.1 Å². The van der Waals surface area contributed by atoms with E-state index >= 15 is 0 Å². The number of amides is 1. The fourth-order valence-corrected chi connectivity index (χ4v) is 3.90. The van der Waals surface area contributed by atoms with Gasteiger partial charge in [0.1, 0.15) is 5.75 Å². The Bertz CT molecular complexity index is 1560. The molecule has 0 bridgehead atoms. The van der Waals surface area contributed by atoms with Crippen molar-refractivity contribution in [3.63, 3.8) is 0 Å². The minimum absolute atomic E-state index is 0.132. The molecule has 12 heteroatoms. The number of aromatic nitrogens is 5. The zero-order chi connectivity index (χ0) is 24.7. The smallest absolute Gasteiger partial charge is 0.405 e. The largest absolute Gasteiger partial charge is 0.573 e. The molecular weight excluding hydrogens is 463 g/mol. The molecule has 0 saturated heterocycles. The summed E-state index contributed by atoms with van der Waals surface area (Å²) < 4.78 is 44.0. The SMILES string of the molecule is CC(NC(=O)c1cc(-c2ccn3nc(N)nc3c2)c2cn[nH]c2c1)c1ccccc1OC(F)(F)F. The maximum absolute atomic E-state index is 13.1. The van der Waals surface area contributed by atoms with E-state index in [0.717, 1.165) is 10.9 Å². The Morgan fingerprint density at radius 3 is 2.80 bits per heavy atom. The lowest BCUT2D eigenvalue weighted by molar-refractivity contribution is -0.275. The Kier molecular flexibility index (Phi) is 5.27. The van der Waals surface area contributed by atoms with Gasteiger partial charge in [-0.1, -0.05) is 18.2 Å². The first kappa shape index (κ1) is 22.2. The fraction of sp³-hybridized carbons (Fsp3) is 0.130. The predicted octanol–water partition coefficient (Wildman–Crippen LogP) is 4.24. The number of halogens is 3. The van der Waals surface area contributed by atoms with Gasteiger partial charge in [-0.15, -0.1) is 18.3 Å². The molecule has 3 heterocycles. The average Bonchev–Trinajstić information content (AvgIpc) is 3.42. The van der Waals surface area contributed by atoms with Crippen LogP contribution in [0.5, 0.6) is 5.75 Å². The molecule has 0 fully saturated rings. The third-order valence-electron chi connectivity index (χ3n) is 5.44. The summed E-state index contributed by atoms with van der Waals surface area (Å²) in [6, 6.07) is 11.8. The number of anilines is 1. The van der Waals surface area contributed by atoms with E-state index in [4.69, 9.17) is 5.73 Å². The van der Waals surface area contributed by atoms with Gasteiger partial charge < -0.3 is 15.8 Å². The lowest BCUT2D eigenvalue weighted by Crippen LogP contribution is -2.28. The maximum Gasteiger partial charge on any atom is 0.573 e. The summed E-state index contributed by atoms with van der Waals surface area (Å²) in [4.78, 5) is 17.3. The summed E-state index contributed by atoms with van der Waals surface area (Å²) in [5.74, 6) is -0.726. The molecule has 0 saturated carbocycles. The minimum atomic E-state index is -4.85. The van der Waals surface area contributed by atoms with Crippen molar-refractivity contribution in [2.45, 2.75) is 19.3 Å². The molecule has 9 nitrogen and oxygen atoms in total. The summed E-state index contributed by atoms with van der Waals surface area (Å²) >= 11 is 0. The number of carbonyl (C=O) groups is 1. The van der Waals surface area contributed by atoms with Crippen molar-refractivity contribution in [2.24, 2.45) is 0 Å². The number of benzene rings is 2. The van der Waals surface area contributed by atoms with Gasteiger partial charge in [0.05, 0.1) is 17.8 Å². The molecule has 5 aromatic rings. The molecule has 3 aromatic heterocycles. The van der Waals surface area contributed by atoms with Crippen LogP contribution in [0, 0.1) is 0 Å². The van der Waals surface area contributed by atoms with E-state index in [0.29, 0.717) is 22.3 Å². The van der Waals surface area contributed by atoms with E-state index < -0.39 is 18.3 Å². The highest BCUT2D eigenvalue weighted by molar-refractivity contribution is 6.03. The molecule has 2 aromatic carbocycles. The lowest BCUT2D eigenvalue weighted by atomic mass is 9.99. The first-order valence-electron chi connectivity index (χ1n) is 10.4. The van der Waals surface area contributed by atoms with Gasteiger partial charge in [0.25, 0.3) is 5.91 Å². The fourth-order valence-electron chi connectivity index (χ4n) is 3.90. The molecule has 35 heavy (non-hydrogen) atoms. The lowest BCUT2D eigenvalue weighted by Gasteiger charge is -2.19. The number of hydrogen-bond donors (Lipinski definition) is 3. The van der Waals surface area contributed by atoms with Gasteiger partial charge in [0.15, 0.2) is 5.65 Å². The number of fused-ring (bicyclic) bond motifs is 2. The van der Waals surface area contributed by atoms with Crippen LogP contribution in [0.1, 0.15) is 28.9 Å². The van der Waals surface area contributed by atoms with Crippen molar-refractivity contribution < 1.29 is 22.7 Å². The van der Waals surface area contributed by atoms with E-state index in [1.807, 2.05) is 0 Å². The minimum Gasteiger partial charge on any atom is -0.405 e. The summed E-state index contributed by atoms with van der Waals surface area (Å²) in [6.07, 6.45) is -1.51. The zero-order valence-corrected chi connectivity index (χ0v) is 18.2. The summed E-state index contributed by atoms with van der Waals surface area (Å²) in [5.41, 5.74) is 8.76. The number of para-hydroxylation sites is 1. The zero-order valence-electron chi connectivity index (χ0n) is 18.2. The number of hydrogen-bond acceptors (Lipinski definition) is 6. The van der Waals surface area contributed by atoms with Gasteiger partial charge in [-0.3, -0.25) is 9.89 Å². The number of nitrogen functional groups attached to an aromatic ring is 1. The van der Waals surface area contributed by atoms with Gasteiger partial charge >= 0.3 is 6.36 Å². The summed E-state index contributed by atoms with van der Waals surface area (Å²) in [6.45, 7) is 1.58. The molecule has 5 rings (SSSR count). The highest BCUT2D eigenvalue weighted by Gasteiger charge is 2.32. The number of nitrogens with one attached hydrogen (secondary N) is 2. The van der Waals surface area contributed by atoms with Crippen molar-refractivity contribution in [2.75, 3.05) is 5.73 Å². The topological polar surface area (TPSA) is 123 Å². The molecular formula is C23H18F3N7O2. The molecule has 4 N–H and O–H groups in total. The maximum atomic E-state index is 13.1. The molecule has 0 aliphatic rings. The standard InChI is InChI=1S/C23H18F3N7O2/c1-12(15-4-2-3-5-19(15)35-23(24,25)26)29-21(34)14-8-16(17-11-28-31-18(17)9-14)13-6-7-33-20(10-13)30-22(27)32-33/h2-12H,1H3,(H2,27,32)(H,28,31)(H,29,34). The van der Waals surface area contributed by atoms with Crippen molar-refractivity contribution in [3.8, 4) is 16.9 Å². The number of pyridine rings is 1. The first-order chi connectivity index (χ1) is 16.7. The van der Waals surface area contributed by atoms with Crippen LogP contribution in [-0.4, -0.2) is 37.1 Å². The van der Waals surface area contributed by atoms with Crippen LogP contribution in [-0.2, 0) is 0 Å². The predicted molar refractivity (Wildman–Crippen MR) is 121 cm³/mol. The van der Waals surface area contributed by atoms with Crippen LogP contribution in [0.2, 0.25) is 0 Å². The molecule has 0 aliphatic carbocycles. The molecule has 178 valence electrons. The monoisotopic (exact) mass is 481 g/mol. The number of rotatable bonds is 5. The number of aromatic amines is 1. The van der Waals surface area contributed by atoms with Crippen LogP contribution in [0.4, 0.5) is 19.1 Å². The Labute approximate surface area is 195 Å². The van der Waals surface area contributed by atoms with Gasteiger partial charge in [-0.05, 0) is 48.4 Å². The molecule has 0 radical (unpaired) electrons. The van der Waals surface area contributed by atoms with Crippen molar-refractivity contribution in [1.29, 1.82) is 0 Å². The third kappa shape index (κ3) is 4.45.